The van der Waals surface area contributed by atoms with Crippen molar-refractivity contribution in [2.75, 3.05) is 13.2 Å². The Hall–Kier alpha value is -1.10. The third-order valence-electron chi connectivity index (χ3n) is 4.75. The lowest BCUT2D eigenvalue weighted by atomic mass is 9.89. The monoisotopic (exact) mass is 266 g/mol. The van der Waals surface area contributed by atoms with Gasteiger partial charge in [-0.25, -0.2) is 0 Å². The van der Waals surface area contributed by atoms with Gasteiger partial charge in [0.2, 0.25) is 11.8 Å². The highest BCUT2D eigenvalue weighted by Gasteiger charge is 2.54. The standard InChI is InChI=1S/C14H22N2O3/c1-3-14(2)13(18)16(10-6-7-19-8-10)11(9-4-5-9)12(17)15-14/h9-11H,3-8H2,1-2H3,(H,15,17). The van der Waals surface area contributed by atoms with Crippen LogP contribution in [0.1, 0.15) is 39.5 Å². The number of nitrogens with one attached hydrogen (secondary N) is 1. The van der Waals surface area contributed by atoms with Crippen LogP contribution >= 0.6 is 0 Å². The minimum Gasteiger partial charge on any atom is -0.379 e. The Labute approximate surface area is 113 Å². The molecule has 5 heteroatoms. The zero-order chi connectivity index (χ0) is 13.6. The van der Waals surface area contributed by atoms with E-state index in [2.05, 4.69) is 5.32 Å². The van der Waals surface area contributed by atoms with E-state index in [0.29, 0.717) is 25.6 Å². The summed E-state index contributed by atoms with van der Waals surface area (Å²) in [7, 11) is 0. The highest BCUT2D eigenvalue weighted by atomic mass is 16.5. The molecule has 1 N–H and O–H groups in total. The van der Waals surface area contributed by atoms with Gasteiger partial charge in [0.1, 0.15) is 11.6 Å². The lowest BCUT2D eigenvalue weighted by Crippen LogP contribution is -2.71. The molecule has 106 valence electrons. The lowest BCUT2D eigenvalue weighted by Gasteiger charge is -2.46. The Morgan fingerprint density at radius 2 is 2.11 bits per heavy atom. The van der Waals surface area contributed by atoms with Crippen molar-refractivity contribution in [3.63, 3.8) is 0 Å². The Morgan fingerprint density at radius 1 is 1.37 bits per heavy atom. The molecule has 2 aliphatic heterocycles. The van der Waals surface area contributed by atoms with Crippen LogP contribution in [0.3, 0.4) is 0 Å². The highest BCUT2D eigenvalue weighted by molar-refractivity contribution is 6.00. The summed E-state index contributed by atoms with van der Waals surface area (Å²) in [5, 5.41) is 2.95. The van der Waals surface area contributed by atoms with Crippen molar-refractivity contribution in [3.8, 4) is 0 Å². The molecule has 5 nitrogen and oxygen atoms in total. The number of nitrogens with zero attached hydrogens (tertiary/aromatic N) is 1. The van der Waals surface area contributed by atoms with Gasteiger partial charge >= 0.3 is 0 Å². The minimum absolute atomic E-state index is 0.0263. The Balaban J connectivity index is 1.92. The van der Waals surface area contributed by atoms with Crippen LogP contribution < -0.4 is 5.32 Å². The van der Waals surface area contributed by atoms with Crippen LogP contribution in [-0.4, -0.2) is 47.6 Å². The smallest absolute Gasteiger partial charge is 0.249 e. The van der Waals surface area contributed by atoms with E-state index in [4.69, 9.17) is 4.74 Å². The van der Waals surface area contributed by atoms with Gasteiger partial charge in [0.25, 0.3) is 0 Å². The summed E-state index contributed by atoms with van der Waals surface area (Å²) in [6.07, 6.45) is 3.58. The number of hydrogen-bond acceptors (Lipinski definition) is 3. The van der Waals surface area contributed by atoms with Crippen LogP contribution in [0.4, 0.5) is 0 Å². The van der Waals surface area contributed by atoms with Gasteiger partial charge in [0.15, 0.2) is 0 Å². The molecule has 2 saturated heterocycles. The van der Waals surface area contributed by atoms with Crippen molar-refractivity contribution in [1.82, 2.24) is 10.2 Å². The predicted molar refractivity (Wildman–Crippen MR) is 69.4 cm³/mol. The first-order chi connectivity index (χ1) is 9.07. The van der Waals surface area contributed by atoms with Crippen LogP contribution in [0.2, 0.25) is 0 Å². The summed E-state index contributed by atoms with van der Waals surface area (Å²) >= 11 is 0. The minimum atomic E-state index is -0.745. The summed E-state index contributed by atoms with van der Waals surface area (Å²) in [6.45, 7) is 5.04. The second kappa shape index (κ2) is 4.47. The molecule has 0 bridgehead atoms. The second-order valence-corrected chi connectivity index (χ2v) is 6.19. The molecule has 0 aromatic carbocycles. The number of ether oxygens (including phenoxy) is 1. The third-order valence-corrected chi connectivity index (χ3v) is 4.75. The van der Waals surface area contributed by atoms with Crippen LogP contribution in [0.5, 0.6) is 0 Å². The van der Waals surface area contributed by atoms with Crippen LogP contribution in [-0.2, 0) is 14.3 Å². The molecule has 1 saturated carbocycles. The average Bonchev–Trinajstić information content (AvgIpc) is 3.08. The van der Waals surface area contributed by atoms with Gasteiger partial charge in [-0.05, 0) is 38.5 Å². The normalized spacial score (nSPS) is 39.6. The molecule has 19 heavy (non-hydrogen) atoms. The zero-order valence-electron chi connectivity index (χ0n) is 11.6. The fourth-order valence-corrected chi connectivity index (χ4v) is 3.16. The first-order valence-electron chi connectivity index (χ1n) is 7.29. The van der Waals surface area contributed by atoms with Crippen LogP contribution in [0.25, 0.3) is 0 Å². The van der Waals surface area contributed by atoms with E-state index in [1.165, 1.54) is 0 Å². The van der Waals surface area contributed by atoms with Gasteiger partial charge < -0.3 is 15.0 Å². The SMILES string of the molecule is CCC1(C)NC(=O)C(C2CC2)N(C2CCOC2)C1=O. The van der Waals surface area contributed by atoms with E-state index in [9.17, 15) is 9.59 Å². The Morgan fingerprint density at radius 3 is 2.63 bits per heavy atom. The molecular formula is C14H22N2O3. The summed E-state index contributed by atoms with van der Waals surface area (Å²) in [6, 6.07) is -0.186. The third kappa shape index (κ3) is 2.04. The fraction of sp³-hybridized carbons (Fsp3) is 0.857. The van der Waals surface area contributed by atoms with Crippen molar-refractivity contribution < 1.29 is 14.3 Å². The molecule has 2 amide bonds. The van der Waals surface area contributed by atoms with Gasteiger partial charge in [-0.2, -0.15) is 0 Å². The molecule has 0 aromatic rings. The summed E-state index contributed by atoms with van der Waals surface area (Å²) in [5.41, 5.74) is -0.745. The number of rotatable bonds is 3. The zero-order valence-corrected chi connectivity index (χ0v) is 11.6. The first kappa shape index (κ1) is 12.9. The van der Waals surface area contributed by atoms with Crippen LogP contribution in [0, 0.1) is 5.92 Å². The van der Waals surface area contributed by atoms with E-state index < -0.39 is 5.54 Å². The highest BCUT2D eigenvalue weighted by Crippen LogP contribution is 2.40. The van der Waals surface area contributed by atoms with Crippen molar-refractivity contribution in [2.24, 2.45) is 5.92 Å². The van der Waals surface area contributed by atoms with Crippen molar-refractivity contribution >= 4 is 11.8 Å². The van der Waals surface area contributed by atoms with E-state index >= 15 is 0 Å². The van der Waals surface area contributed by atoms with E-state index in [1.807, 2.05) is 18.7 Å². The Kier molecular flexibility index (Phi) is 3.04. The lowest BCUT2D eigenvalue weighted by molar-refractivity contribution is -0.158. The maximum Gasteiger partial charge on any atom is 0.249 e. The van der Waals surface area contributed by atoms with Gasteiger partial charge in [-0.15, -0.1) is 0 Å². The van der Waals surface area contributed by atoms with E-state index in [0.717, 1.165) is 19.3 Å². The van der Waals surface area contributed by atoms with Crippen molar-refractivity contribution in [1.29, 1.82) is 0 Å². The number of piperazine rings is 1. The molecule has 3 atom stereocenters. The molecule has 3 rings (SSSR count). The van der Waals surface area contributed by atoms with Crippen molar-refractivity contribution in [3.05, 3.63) is 0 Å². The topological polar surface area (TPSA) is 58.6 Å². The average molecular weight is 266 g/mol. The molecule has 0 aromatic heterocycles. The molecule has 3 unspecified atom stereocenters. The van der Waals surface area contributed by atoms with E-state index in [1.54, 1.807) is 0 Å². The number of carbonyl (C=O) groups is 2. The van der Waals surface area contributed by atoms with Gasteiger partial charge in [0, 0.05) is 6.61 Å². The van der Waals surface area contributed by atoms with Crippen molar-refractivity contribution in [2.45, 2.75) is 57.2 Å². The molecule has 3 aliphatic rings. The largest absolute Gasteiger partial charge is 0.379 e. The molecule has 1 aliphatic carbocycles. The number of amides is 2. The maximum absolute atomic E-state index is 12.8. The van der Waals surface area contributed by atoms with Gasteiger partial charge in [-0.3, -0.25) is 9.59 Å². The summed E-state index contributed by atoms with van der Waals surface area (Å²) in [4.78, 5) is 27.1. The molecule has 0 spiro atoms. The molecular weight excluding hydrogens is 244 g/mol. The first-order valence-corrected chi connectivity index (χ1v) is 7.29. The molecule has 3 fully saturated rings. The number of carbonyl (C=O) groups excluding carboxylic acids is 2. The van der Waals surface area contributed by atoms with Crippen LogP contribution in [0.15, 0.2) is 0 Å². The predicted octanol–water partition coefficient (Wildman–Crippen LogP) is 0.681. The van der Waals surface area contributed by atoms with E-state index in [-0.39, 0.29) is 23.9 Å². The van der Waals surface area contributed by atoms with Gasteiger partial charge in [0.05, 0.1) is 12.6 Å². The fourth-order valence-electron chi connectivity index (χ4n) is 3.16. The molecule has 2 heterocycles. The second-order valence-electron chi connectivity index (χ2n) is 6.19. The number of hydrogen-bond donors (Lipinski definition) is 1. The maximum atomic E-state index is 12.8. The summed E-state index contributed by atoms with van der Waals surface area (Å²) < 4.78 is 5.42. The summed E-state index contributed by atoms with van der Waals surface area (Å²) in [5.74, 6) is 0.450. The Bertz CT molecular complexity index is 401. The quantitative estimate of drug-likeness (QED) is 0.817. The van der Waals surface area contributed by atoms with Gasteiger partial charge in [-0.1, -0.05) is 6.92 Å². The molecule has 0 radical (unpaired) electrons.